The number of nitrogens with zero attached hydrogens (tertiary/aromatic N) is 4. The molecule has 0 aromatic carbocycles. The standard InChI is InChI=1S/C13H25N5O/c1-11-3-5-12(6-4-11)10-18-13(15-16-17-18)9-14-7-8-19-2/h11-12,14H,3-10H2,1-2H3. The van der Waals surface area contributed by atoms with Gasteiger partial charge in [-0.15, -0.1) is 5.10 Å². The number of tetrazole rings is 1. The smallest absolute Gasteiger partial charge is 0.165 e. The Morgan fingerprint density at radius 2 is 2.11 bits per heavy atom. The van der Waals surface area contributed by atoms with Crippen molar-refractivity contribution in [2.45, 2.75) is 45.7 Å². The molecule has 0 atom stereocenters. The van der Waals surface area contributed by atoms with Crippen LogP contribution in [0.4, 0.5) is 0 Å². The Bertz CT molecular complexity index is 360. The Morgan fingerprint density at radius 3 is 2.84 bits per heavy atom. The summed E-state index contributed by atoms with van der Waals surface area (Å²) >= 11 is 0. The molecule has 0 saturated heterocycles. The summed E-state index contributed by atoms with van der Waals surface area (Å²) in [7, 11) is 1.70. The Kier molecular flexibility index (Phi) is 5.72. The summed E-state index contributed by atoms with van der Waals surface area (Å²) in [4.78, 5) is 0. The number of aromatic nitrogens is 4. The van der Waals surface area contributed by atoms with Crippen molar-refractivity contribution in [1.29, 1.82) is 0 Å². The number of rotatable bonds is 7. The van der Waals surface area contributed by atoms with E-state index in [2.05, 4.69) is 27.8 Å². The minimum atomic E-state index is 0.708. The lowest BCUT2D eigenvalue weighted by molar-refractivity contribution is 0.198. The van der Waals surface area contributed by atoms with Crippen molar-refractivity contribution in [3.63, 3.8) is 0 Å². The van der Waals surface area contributed by atoms with Crippen molar-refractivity contribution < 1.29 is 4.74 Å². The molecule has 6 heteroatoms. The molecule has 1 aromatic heterocycles. The van der Waals surface area contributed by atoms with Crippen LogP contribution in [-0.2, 0) is 17.8 Å². The lowest BCUT2D eigenvalue weighted by Crippen LogP contribution is -2.24. The van der Waals surface area contributed by atoms with Crippen LogP contribution in [0.1, 0.15) is 38.4 Å². The highest BCUT2D eigenvalue weighted by atomic mass is 16.5. The Labute approximate surface area is 114 Å². The summed E-state index contributed by atoms with van der Waals surface area (Å²) in [6, 6.07) is 0. The number of hydrogen-bond donors (Lipinski definition) is 1. The fraction of sp³-hybridized carbons (Fsp3) is 0.923. The van der Waals surface area contributed by atoms with Crippen LogP contribution in [0, 0.1) is 11.8 Å². The highest BCUT2D eigenvalue weighted by molar-refractivity contribution is 4.81. The SMILES string of the molecule is COCCNCc1nnnn1CC1CCC(C)CC1. The van der Waals surface area contributed by atoms with E-state index in [0.717, 1.165) is 30.7 Å². The molecule has 1 aliphatic carbocycles. The van der Waals surface area contributed by atoms with Gasteiger partial charge in [0.05, 0.1) is 13.2 Å². The summed E-state index contributed by atoms with van der Waals surface area (Å²) in [6.07, 6.45) is 5.29. The number of methoxy groups -OCH3 is 1. The van der Waals surface area contributed by atoms with Gasteiger partial charge in [0.2, 0.25) is 0 Å². The molecular weight excluding hydrogens is 242 g/mol. The van der Waals surface area contributed by atoms with Crippen LogP contribution in [0.2, 0.25) is 0 Å². The van der Waals surface area contributed by atoms with Crippen LogP contribution in [-0.4, -0.2) is 40.5 Å². The second-order valence-electron chi connectivity index (χ2n) is 5.57. The van der Waals surface area contributed by atoms with Crippen molar-refractivity contribution in [2.75, 3.05) is 20.3 Å². The van der Waals surface area contributed by atoms with E-state index in [-0.39, 0.29) is 0 Å². The van der Waals surface area contributed by atoms with Crippen molar-refractivity contribution in [1.82, 2.24) is 25.5 Å². The molecule has 1 heterocycles. The zero-order chi connectivity index (χ0) is 13.5. The van der Waals surface area contributed by atoms with Crippen LogP contribution in [0.3, 0.4) is 0 Å². The minimum Gasteiger partial charge on any atom is -0.383 e. The van der Waals surface area contributed by atoms with E-state index in [4.69, 9.17) is 4.74 Å². The zero-order valence-corrected chi connectivity index (χ0v) is 12.0. The molecule has 1 aromatic rings. The van der Waals surface area contributed by atoms with Crippen LogP contribution < -0.4 is 5.32 Å². The maximum atomic E-state index is 5.00. The molecule has 0 amide bonds. The molecular formula is C13H25N5O. The van der Waals surface area contributed by atoms with Crippen molar-refractivity contribution in [3.05, 3.63) is 5.82 Å². The van der Waals surface area contributed by atoms with E-state index >= 15 is 0 Å². The number of hydrogen-bond acceptors (Lipinski definition) is 5. The summed E-state index contributed by atoms with van der Waals surface area (Å²) in [5.74, 6) is 2.55. The average Bonchev–Trinajstić information content (AvgIpc) is 2.85. The van der Waals surface area contributed by atoms with Gasteiger partial charge >= 0.3 is 0 Å². The highest BCUT2D eigenvalue weighted by Crippen LogP contribution is 2.29. The van der Waals surface area contributed by atoms with E-state index in [9.17, 15) is 0 Å². The Hall–Kier alpha value is -1.01. The lowest BCUT2D eigenvalue weighted by Gasteiger charge is -2.26. The van der Waals surface area contributed by atoms with E-state index in [1.165, 1.54) is 25.7 Å². The predicted molar refractivity (Wildman–Crippen MR) is 72.5 cm³/mol. The number of ether oxygens (including phenoxy) is 1. The second-order valence-corrected chi connectivity index (χ2v) is 5.57. The molecule has 6 nitrogen and oxygen atoms in total. The van der Waals surface area contributed by atoms with Gasteiger partial charge in [-0.1, -0.05) is 19.8 Å². The van der Waals surface area contributed by atoms with Gasteiger partial charge in [0.25, 0.3) is 0 Å². The van der Waals surface area contributed by atoms with Crippen LogP contribution >= 0.6 is 0 Å². The van der Waals surface area contributed by atoms with Crippen molar-refractivity contribution >= 4 is 0 Å². The largest absolute Gasteiger partial charge is 0.383 e. The first kappa shape index (κ1) is 14.4. The third kappa shape index (κ3) is 4.54. The van der Waals surface area contributed by atoms with Gasteiger partial charge in [-0.3, -0.25) is 0 Å². The van der Waals surface area contributed by atoms with Gasteiger partial charge in [0.1, 0.15) is 0 Å². The lowest BCUT2D eigenvalue weighted by atomic mass is 9.83. The topological polar surface area (TPSA) is 64.9 Å². The molecule has 1 aliphatic rings. The maximum Gasteiger partial charge on any atom is 0.165 e. The average molecular weight is 267 g/mol. The van der Waals surface area contributed by atoms with E-state index in [1.807, 2.05) is 4.68 Å². The van der Waals surface area contributed by atoms with Gasteiger partial charge in [0, 0.05) is 20.2 Å². The first-order valence-electron chi connectivity index (χ1n) is 7.24. The molecule has 2 rings (SSSR count). The van der Waals surface area contributed by atoms with Gasteiger partial charge in [-0.2, -0.15) is 0 Å². The minimum absolute atomic E-state index is 0.708. The molecule has 19 heavy (non-hydrogen) atoms. The molecule has 1 saturated carbocycles. The predicted octanol–water partition coefficient (Wildman–Crippen LogP) is 1.24. The third-order valence-electron chi connectivity index (χ3n) is 3.94. The molecule has 1 N–H and O–H groups in total. The summed E-state index contributed by atoms with van der Waals surface area (Å²) in [5, 5.41) is 15.3. The van der Waals surface area contributed by atoms with Crippen LogP contribution in [0.25, 0.3) is 0 Å². The summed E-state index contributed by atoms with van der Waals surface area (Å²) in [6.45, 7) is 5.55. The van der Waals surface area contributed by atoms with Gasteiger partial charge in [-0.25, -0.2) is 4.68 Å². The second kappa shape index (κ2) is 7.55. The van der Waals surface area contributed by atoms with Gasteiger partial charge in [0.15, 0.2) is 5.82 Å². The van der Waals surface area contributed by atoms with Crippen molar-refractivity contribution in [2.24, 2.45) is 11.8 Å². The van der Waals surface area contributed by atoms with Crippen LogP contribution in [0.15, 0.2) is 0 Å². The first-order valence-corrected chi connectivity index (χ1v) is 7.24. The van der Waals surface area contributed by atoms with Gasteiger partial charge < -0.3 is 10.1 Å². The molecule has 0 bridgehead atoms. The van der Waals surface area contributed by atoms with E-state index in [0.29, 0.717) is 13.2 Å². The molecule has 0 unspecified atom stereocenters. The third-order valence-corrected chi connectivity index (χ3v) is 3.94. The Morgan fingerprint density at radius 1 is 1.32 bits per heavy atom. The maximum absolute atomic E-state index is 5.00. The molecule has 1 fully saturated rings. The molecule has 0 aliphatic heterocycles. The fourth-order valence-corrected chi connectivity index (χ4v) is 2.62. The first-order chi connectivity index (χ1) is 9.29. The summed E-state index contributed by atoms with van der Waals surface area (Å²) in [5.41, 5.74) is 0. The fourth-order valence-electron chi connectivity index (χ4n) is 2.62. The highest BCUT2D eigenvalue weighted by Gasteiger charge is 2.20. The normalized spacial score (nSPS) is 23.7. The van der Waals surface area contributed by atoms with Crippen molar-refractivity contribution in [3.8, 4) is 0 Å². The summed E-state index contributed by atoms with van der Waals surface area (Å²) < 4.78 is 6.96. The van der Waals surface area contributed by atoms with Gasteiger partial charge in [-0.05, 0) is 35.1 Å². The van der Waals surface area contributed by atoms with E-state index < -0.39 is 0 Å². The monoisotopic (exact) mass is 267 g/mol. The molecule has 0 radical (unpaired) electrons. The van der Waals surface area contributed by atoms with Crippen LogP contribution in [0.5, 0.6) is 0 Å². The van der Waals surface area contributed by atoms with E-state index in [1.54, 1.807) is 7.11 Å². The quantitative estimate of drug-likeness (QED) is 0.753. The molecule has 0 spiro atoms. The Balaban J connectivity index is 1.78. The molecule has 108 valence electrons. The number of nitrogens with one attached hydrogen (secondary N) is 1. The zero-order valence-electron chi connectivity index (χ0n) is 12.0.